The number of carbonyl (C=O) groups is 1. The molecule has 0 spiro atoms. The number of rotatable bonds is 9. The van der Waals surface area contributed by atoms with Crippen LogP contribution in [0.2, 0.25) is 0 Å². The average molecular weight is 483 g/mol. The number of halogens is 1. The topological polar surface area (TPSA) is 102 Å². The highest BCUT2D eigenvalue weighted by molar-refractivity contribution is 7.39. The number of hydrogen-bond acceptors (Lipinski definition) is 5. The highest BCUT2D eigenvalue weighted by Gasteiger charge is 2.25. The summed E-state index contributed by atoms with van der Waals surface area (Å²) in [5.74, 6) is 4.36. The first-order valence-electron chi connectivity index (χ1n) is 10.7. The molecule has 7 nitrogen and oxygen atoms in total. The first-order chi connectivity index (χ1) is 16.3. The molecule has 0 fully saturated rings. The normalized spacial score (nSPS) is 12.2. The van der Waals surface area contributed by atoms with E-state index in [0.29, 0.717) is 11.4 Å². The standard InChI is InChI=1S/C25H24FN2O5P/c1-17(2)28-22(9-6-14-33-34(32)16-21(29)15-23(30)31)24(18-10-12-20(26)13-11-18)25(27-28)19-7-4-3-5-8-19/h3-5,7-8,10-13,17,21,29H,14-16H2,1-2H3/p+1. The summed E-state index contributed by atoms with van der Waals surface area (Å²) in [5.41, 5.74) is 3.68. The SMILES string of the molecule is CC(C)n1nc(-c2ccccc2)c(-c2ccc(F)cc2)c1C#CCO[P+](=O)CC(O)CC(=O)O. The van der Waals surface area contributed by atoms with Gasteiger partial charge in [0.1, 0.15) is 23.3 Å². The van der Waals surface area contributed by atoms with Crippen molar-refractivity contribution in [3.8, 4) is 34.2 Å². The predicted molar refractivity (Wildman–Crippen MR) is 127 cm³/mol. The Morgan fingerprint density at radius 1 is 1.15 bits per heavy atom. The van der Waals surface area contributed by atoms with Gasteiger partial charge in [0.15, 0.2) is 6.61 Å². The lowest BCUT2D eigenvalue weighted by molar-refractivity contribution is -0.138. The van der Waals surface area contributed by atoms with E-state index in [9.17, 15) is 18.9 Å². The van der Waals surface area contributed by atoms with Gasteiger partial charge in [-0.15, -0.1) is 4.52 Å². The lowest BCUT2D eigenvalue weighted by Gasteiger charge is -2.08. The molecule has 0 amide bonds. The second-order valence-corrected chi connectivity index (χ2v) is 9.11. The molecule has 0 bridgehead atoms. The zero-order valence-corrected chi connectivity index (χ0v) is 19.7. The third-order valence-corrected chi connectivity index (χ3v) is 5.97. The monoisotopic (exact) mass is 483 g/mol. The highest BCUT2D eigenvalue weighted by atomic mass is 31.1. The first-order valence-corrected chi connectivity index (χ1v) is 12.0. The maximum Gasteiger partial charge on any atom is 0.511 e. The number of aliphatic hydroxyl groups is 1. The van der Waals surface area contributed by atoms with Gasteiger partial charge in [-0.25, -0.2) is 4.39 Å². The van der Waals surface area contributed by atoms with Crippen molar-refractivity contribution in [2.45, 2.75) is 32.4 Å². The molecule has 0 radical (unpaired) electrons. The van der Waals surface area contributed by atoms with Crippen LogP contribution in [0.5, 0.6) is 0 Å². The largest absolute Gasteiger partial charge is 0.511 e. The lowest BCUT2D eigenvalue weighted by atomic mass is 9.99. The lowest BCUT2D eigenvalue weighted by Crippen LogP contribution is -2.15. The Morgan fingerprint density at radius 3 is 2.44 bits per heavy atom. The summed E-state index contributed by atoms with van der Waals surface area (Å²) in [5, 5.41) is 23.1. The van der Waals surface area contributed by atoms with Crippen molar-refractivity contribution in [3.63, 3.8) is 0 Å². The van der Waals surface area contributed by atoms with Crippen LogP contribution in [-0.2, 0) is 13.9 Å². The molecule has 0 saturated heterocycles. The minimum Gasteiger partial charge on any atom is -0.481 e. The van der Waals surface area contributed by atoms with Gasteiger partial charge >= 0.3 is 14.0 Å². The molecular formula is C25H25FN2O5P+. The summed E-state index contributed by atoms with van der Waals surface area (Å²) in [6.07, 6.45) is -2.05. The molecule has 9 heteroatoms. The first kappa shape index (κ1) is 25.3. The van der Waals surface area contributed by atoms with Crippen LogP contribution in [-0.4, -0.2) is 44.8 Å². The van der Waals surface area contributed by atoms with E-state index in [2.05, 4.69) is 11.8 Å². The molecule has 176 valence electrons. The Labute approximate surface area is 198 Å². The molecule has 2 atom stereocenters. The fraction of sp³-hybridized carbons (Fsp3) is 0.280. The molecule has 34 heavy (non-hydrogen) atoms. The van der Waals surface area contributed by atoms with E-state index < -0.39 is 26.5 Å². The van der Waals surface area contributed by atoms with Gasteiger partial charge in [0.25, 0.3) is 0 Å². The van der Waals surface area contributed by atoms with Crippen LogP contribution in [0.4, 0.5) is 4.39 Å². The molecule has 0 aliphatic carbocycles. The van der Waals surface area contributed by atoms with Crippen molar-refractivity contribution in [1.82, 2.24) is 9.78 Å². The van der Waals surface area contributed by atoms with Crippen molar-refractivity contribution in [2.24, 2.45) is 0 Å². The average Bonchev–Trinajstić information content (AvgIpc) is 3.17. The zero-order valence-electron chi connectivity index (χ0n) is 18.8. The third-order valence-electron chi connectivity index (χ3n) is 4.84. The second-order valence-electron chi connectivity index (χ2n) is 7.83. The minimum absolute atomic E-state index is 0.0234. The second kappa shape index (κ2) is 11.7. The van der Waals surface area contributed by atoms with E-state index >= 15 is 0 Å². The molecule has 2 unspecified atom stereocenters. The Kier molecular flexibility index (Phi) is 8.67. The fourth-order valence-corrected chi connectivity index (χ4v) is 4.12. The van der Waals surface area contributed by atoms with Crippen LogP contribution >= 0.6 is 8.03 Å². The number of nitrogens with zero attached hydrogens (tertiary/aromatic N) is 2. The zero-order chi connectivity index (χ0) is 24.7. The molecule has 3 aromatic rings. The summed E-state index contributed by atoms with van der Waals surface area (Å²) < 4.78 is 32.5. The van der Waals surface area contributed by atoms with Crippen molar-refractivity contribution < 1.29 is 28.5 Å². The van der Waals surface area contributed by atoms with Crippen LogP contribution in [0, 0.1) is 17.7 Å². The maximum atomic E-state index is 13.6. The summed E-state index contributed by atoms with van der Waals surface area (Å²) in [6, 6.07) is 15.7. The third kappa shape index (κ3) is 6.58. The van der Waals surface area contributed by atoms with Gasteiger partial charge in [0.2, 0.25) is 6.16 Å². The quantitative estimate of drug-likeness (QED) is 0.332. The van der Waals surface area contributed by atoms with Gasteiger partial charge in [-0.05, 0) is 42.0 Å². The van der Waals surface area contributed by atoms with Crippen molar-refractivity contribution >= 4 is 14.0 Å². The Bertz CT molecular complexity index is 1210. The summed E-state index contributed by atoms with van der Waals surface area (Å²) in [4.78, 5) is 10.6. The molecular weight excluding hydrogens is 458 g/mol. The van der Waals surface area contributed by atoms with E-state index in [-0.39, 0.29) is 24.6 Å². The molecule has 0 aliphatic heterocycles. The van der Waals surface area contributed by atoms with Gasteiger partial charge in [0, 0.05) is 17.2 Å². The molecule has 2 N–H and O–H groups in total. The number of aliphatic carboxylic acids is 1. The number of benzene rings is 2. The molecule has 2 aromatic carbocycles. The Hall–Kier alpha value is -3.37. The van der Waals surface area contributed by atoms with Crippen LogP contribution < -0.4 is 0 Å². The number of aromatic nitrogens is 2. The molecule has 0 saturated carbocycles. The van der Waals surface area contributed by atoms with Crippen LogP contribution in [0.3, 0.4) is 0 Å². The maximum absolute atomic E-state index is 13.6. The Morgan fingerprint density at radius 2 is 1.82 bits per heavy atom. The molecule has 1 heterocycles. The van der Waals surface area contributed by atoms with Gasteiger partial charge < -0.3 is 10.2 Å². The number of carboxylic acid groups (broad SMARTS) is 1. The summed E-state index contributed by atoms with van der Waals surface area (Å²) >= 11 is 0. The van der Waals surface area contributed by atoms with E-state index in [4.69, 9.17) is 14.7 Å². The van der Waals surface area contributed by atoms with E-state index in [1.165, 1.54) is 12.1 Å². The van der Waals surface area contributed by atoms with Crippen molar-refractivity contribution in [1.29, 1.82) is 0 Å². The van der Waals surface area contributed by atoms with E-state index in [1.54, 1.807) is 16.8 Å². The van der Waals surface area contributed by atoms with Gasteiger partial charge in [-0.2, -0.15) is 5.10 Å². The smallest absolute Gasteiger partial charge is 0.481 e. The van der Waals surface area contributed by atoms with E-state index in [0.717, 1.165) is 16.7 Å². The van der Waals surface area contributed by atoms with Crippen LogP contribution in [0.25, 0.3) is 22.4 Å². The molecule has 1 aromatic heterocycles. The number of carboxylic acids is 1. The molecule has 3 rings (SSSR count). The Balaban J connectivity index is 1.94. The number of aliphatic hydroxyl groups excluding tert-OH is 1. The van der Waals surface area contributed by atoms with Gasteiger partial charge in [-0.1, -0.05) is 48.4 Å². The van der Waals surface area contributed by atoms with Gasteiger partial charge in [0.05, 0.1) is 6.42 Å². The van der Waals surface area contributed by atoms with Gasteiger partial charge in [-0.3, -0.25) is 9.48 Å². The van der Waals surface area contributed by atoms with E-state index in [1.807, 2.05) is 44.2 Å². The van der Waals surface area contributed by atoms with Crippen molar-refractivity contribution in [3.05, 3.63) is 66.1 Å². The predicted octanol–water partition coefficient (Wildman–Crippen LogP) is 4.88. The van der Waals surface area contributed by atoms with Crippen molar-refractivity contribution in [2.75, 3.05) is 12.8 Å². The van der Waals surface area contributed by atoms with Crippen LogP contribution in [0.15, 0.2) is 54.6 Å². The summed E-state index contributed by atoms with van der Waals surface area (Å²) in [6.45, 7) is 3.76. The fourth-order valence-electron chi connectivity index (χ4n) is 3.33. The summed E-state index contributed by atoms with van der Waals surface area (Å²) in [7, 11) is -2.27. The highest BCUT2D eigenvalue weighted by Crippen LogP contribution is 2.35. The number of hydrogen-bond donors (Lipinski definition) is 2. The van der Waals surface area contributed by atoms with Crippen LogP contribution in [0.1, 0.15) is 32.0 Å². The minimum atomic E-state index is -2.27. The molecule has 0 aliphatic rings.